The molecule has 7 nitrogen and oxygen atoms in total. The number of halogens is 2. The van der Waals surface area contributed by atoms with Crippen molar-refractivity contribution < 1.29 is 42.1 Å². The highest BCUT2D eigenvalue weighted by Crippen LogP contribution is 2.31. The second-order valence-electron chi connectivity index (χ2n) is 11.6. The Morgan fingerprint density at radius 1 is 0.696 bits per heavy atom. The zero-order valence-corrected chi connectivity index (χ0v) is 31.8. The largest absolute Gasteiger partial charge is 0.488 e. The summed E-state index contributed by atoms with van der Waals surface area (Å²) < 4.78 is 50.4. The highest BCUT2D eigenvalue weighted by atomic mass is 32.2. The van der Waals surface area contributed by atoms with E-state index >= 15 is 0 Å². The summed E-state index contributed by atoms with van der Waals surface area (Å²) in [6, 6.07) is 26.0. The van der Waals surface area contributed by atoms with E-state index in [0.29, 0.717) is 29.1 Å². The molecule has 0 bridgehead atoms. The van der Waals surface area contributed by atoms with Crippen molar-refractivity contribution in [2.24, 2.45) is 0 Å². The Morgan fingerprint density at radius 2 is 1.30 bits per heavy atom. The molecule has 0 N–H and O–H groups in total. The van der Waals surface area contributed by atoms with Gasteiger partial charge in [0.2, 0.25) is 0 Å². The third kappa shape index (κ3) is 11.6. The number of carbonyl (C=O) groups is 3. The number of hydrogen-bond donors (Lipinski definition) is 0. The van der Waals surface area contributed by atoms with Crippen LogP contribution >= 0.6 is 23.5 Å². The standard InChI is InChI=1S/C45H34F2O7S2/c1-4-42(48)52-22-24-55-36-18-13-31(14-19-36)6-9-32-15-20-37-34(26-32)17-21-40(44(37)45(50)51-3)54-29-33-10-7-30(8-11-33)12-16-35-27-39(47)41(28-38(35)46)56-25-23-53-43(49)5-2/h4-5,7-8,10-11,13-15,17-21,26-28H,1-2,22-25,29H2,3H3. The molecule has 0 fully saturated rings. The molecule has 5 rings (SSSR count). The van der Waals surface area contributed by atoms with Gasteiger partial charge in [0.25, 0.3) is 0 Å². The van der Waals surface area contributed by atoms with Crippen LogP contribution in [-0.2, 0) is 30.4 Å². The number of methoxy groups -OCH3 is 1. The van der Waals surface area contributed by atoms with Gasteiger partial charge < -0.3 is 18.9 Å². The summed E-state index contributed by atoms with van der Waals surface area (Å²) in [6.45, 7) is 7.15. The lowest BCUT2D eigenvalue weighted by atomic mass is 10.0. The maximum absolute atomic E-state index is 14.7. The highest BCUT2D eigenvalue weighted by molar-refractivity contribution is 7.99. The van der Waals surface area contributed by atoms with E-state index < -0.39 is 29.5 Å². The molecule has 0 aromatic heterocycles. The molecular weight excluding hydrogens is 755 g/mol. The van der Waals surface area contributed by atoms with Gasteiger partial charge >= 0.3 is 17.9 Å². The molecule has 0 spiro atoms. The van der Waals surface area contributed by atoms with Crippen LogP contribution in [0.25, 0.3) is 10.8 Å². The van der Waals surface area contributed by atoms with E-state index in [0.717, 1.165) is 63.0 Å². The second-order valence-corrected chi connectivity index (χ2v) is 13.9. The lowest BCUT2D eigenvalue weighted by molar-refractivity contribution is -0.138. The van der Waals surface area contributed by atoms with Crippen LogP contribution in [0.2, 0.25) is 0 Å². The second kappa shape index (κ2) is 20.4. The summed E-state index contributed by atoms with van der Waals surface area (Å²) in [6.07, 6.45) is 2.17. The number of hydrogen-bond acceptors (Lipinski definition) is 9. The Labute approximate surface area is 332 Å². The molecule has 0 unspecified atom stereocenters. The minimum atomic E-state index is -0.670. The summed E-state index contributed by atoms with van der Waals surface area (Å²) in [4.78, 5) is 36.4. The first-order chi connectivity index (χ1) is 27.2. The molecule has 0 amide bonds. The van der Waals surface area contributed by atoms with Crippen molar-refractivity contribution in [2.75, 3.05) is 31.8 Å². The Balaban J connectivity index is 1.21. The molecule has 0 radical (unpaired) electrons. The van der Waals surface area contributed by atoms with Crippen molar-refractivity contribution in [3.05, 3.63) is 161 Å². The topological polar surface area (TPSA) is 88.1 Å². The quantitative estimate of drug-likeness (QED) is 0.0274. The zero-order chi connectivity index (χ0) is 39.9. The maximum atomic E-state index is 14.7. The monoisotopic (exact) mass is 788 g/mol. The van der Waals surface area contributed by atoms with Crippen LogP contribution in [0.1, 0.15) is 38.2 Å². The van der Waals surface area contributed by atoms with Crippen molar-refractivity contribution in [3.8, 4) is 29.4 Å². The molecule has 282 valence electrons. The fraction of sp³-hybridized carbons (Fsp3) is 0.133. The lowest BCUT2D eigenvalue weighted by Gasteiger charge is -2.13. The first kappa shape index (κ1) is 40.9. The third-order valence-corrected chi connectivity index (χ3v) is 9.77. The number of esters is 3. The number of thioether (sulfide) groups is 2. The molecule has 0 aliphatic rings. The van der Waals surface area contributed by atoms with Gasteiger partial charge in [0.1, 0.15) is 42.8 Å². The minimum absolute atomic E-state index is 0.0332. The number of rotatable bonds is 14. The molecule has 56 heavy (non-hydrogen) atoms. The predicted octanol–water partition coefficient (Wildman–Crippen LogP) is 8.93. The van der Waals surface area contributed by atoms with Crippen LogP contribution in [0.15, 0.2) is 126 Å². The van der Waals surface area contributed by atoms with Gasteiger partial charge in [-0.15, -0.1) is 23.5 Å². The van der Waals surface area contributed by atoms with E-state index in [1.165, 1.54) is 7.11 Å². The molecule has 0 aliphatic carbocycles. The molecule has 0 saturated carbocycles. The highest BCUT2D eigenvalue weighted by Gasteiger charge is 2.18. The van der Waals surface area contributed by atoms with Crippen LogP contribution in [0.4, 0.5) is 8.78 Å². The van der Waals surface area contributed by atoms with Crippen LogP contribution in [0, 0.1) is 35.3 Å². The Hall–Kier alpha value is -6.27. The van der Waals surface area contributed by atoms with E-state index in [4.69, 9.17) is 18.9 Å². The molecule has 0 saturated heterocycles. The van der Waals surface area contributed by atoms with Gasteiger partial charge in [-0.2, -0.15) is 0 Å². The molecular formula is C45H34F2O7S2. The number of benzene rings is 5. The smallest absolute Gasteiger partial charge is 0.342 e. The van der Waals surface area contributed by atoms with Crippen molar-refractivity contribution >= 4 is 52.2 Å². The number of carbonyl (C=O) groups excluding carboxylic acids is 3. The Bertz CT molecular complexity index is 2390. The number of ether oxygens (including phenoxy) is 4. The van der Waals surface area contributed by atoms with Crippen LogP contribution in [0.5, 0.6) is 5.75 Å². The van der Waals surface area contributed by atoms with Crippen molar-refractivity contribution in [3.63, 3.8) is 0 Å². The van der Waals surface area contributed by atoms with Gasteiger partial charge in [-0.05, 0) is 77.7 Å². The molecule has 5 aromatic rings. The summed E-state index contributed by atoms with van der Waals surface area (Å²) in [5, 5.41) is 1.43. The van der Waals surface area contributed by atoms with Crippen LogP contribution in [-0.4, -0.2) is 49.7 Å². The van der Waals surface area contributed by atoms with Gasteiger partial charge in [-0.25, -0.2) is 23.2 Å². The SMILES string of the molecule is C=CC(=O)OCCSc1ccc(C#Cc2ccc3c(C(=O)OC)c(OCc4ccc(C#Cc5cc(F)c(SCCOC(=O)C=C)cc5F)cc4)ccc3c2)cc1. The first-order valence-electron chi connectivity index (χ1n) is 17.0. The fourth-order valence-electron chi connectivity index (χ4n) is 5.03. The van der Waals surface area contributed by atoms with Crippen molar-refractivity contribution in [1.29, 1.82) is 0 Å². The van der Waals surface area contributed by atoms with E-state index in [1.54, 1.807) is 42.1 Å². The predicted molar refractivity (Wildman–Crippen MR) is 215 cm³/mol. The van der Waals surface area contributed by atoms with Gasteiger partial charge in [0.05, 0.1) is 12.7 Å². The fourth-order valence-corrected chi connectivity index (χ4v) is 6.53. The average molecular weight is 789 g/mol. The zero-order valence-electron chi connectivity index (χ0n) is 30.2. The maximum Gasteiger partial charge on any atom is 0.342 e. The Morgan fingerprint density at radius 3 is 1.96 bits per heavy atom. The van der Waals surface area contributed by atoms with E-state index in [2.05, 4.69) is 36.8 Å². The molecule has 0 aliphatic heterocycles. The minimum Gasteiger partial charge on any atom is -0.488 e. The summed E-state index contributed by atoms with van der Waals surface area (Å²) in [7, 11) is 1.31. The summed E-state index contributed by atoms with van der Waals surface area (Å²) >= 11 is 2.59. The van der Waals surface area contributed by atoms with Crippen LogP contribution in [0.3, 0.4) is 0 Å². The van der Waals surface area contributed by atoms with E-state index in [1.807, 2.05) is 48.5 Å². The number of fused-ring (bicyclic) bond motifs is 1. The Kier molecular flexibility index (Phi) is 14.9. The van der Waals surface area contributed by atoms with E-state index in [9.17, 15) is 23.2 Å². The van der Waals surface area contributed by atoms with Gasteiger partial charge in [-0.3, -0.25) is 0 Å². The normalized spacial score (nSPS) is 10.3. The summed E-state index contributed by atoms with van der Waals surface area (Å²) in [5.41, 5.74) is 3.15. The van der Waals surface area contributed by atoms with Crippen molar-refractivity contribution in [2.45, 2.75) is 16.4 Å². The molecule has 0 heterocycles. The third-order valence-electron chi connectivity index (χ3n) is 7.80. The molecule has 0 atom stereocenters. The lowest BCUT2D eigenvalue weighted by Crippen LogP contribution is -2.07. The average Bonchev–Trinajstić information content (AvgIpc) is 3.22. The first-order valence-corrected chi connectivity index (χ1v) is 19.0. The van der Waals surface area contributed by atoms with Gasteiger partial charge in [0.15, 0.2) is 0 Å². The molecule has 11 heteroatoms. The molecule has 5 aromatic carbocycles. The van der Waals surface area contributed by atoms with Crippen molar-refractivity contribution in [1.82, 2.24) is 0 Å². The summed E-state index contributed by atoms with van der Waals surface area (Å²) in [5.74, 6) is 10.2. The van der Waals surface area contributed by atoms with Gasteiger partial charge in [-0.1, -0.05) is 61.1 Å². The van der Waals surface area contributed by atoms with Gasteiger partial charge in [0, 0.05) is 55.5 Å². The van der Waals surface area contributed by atoms with Crippen LogP contribution < -0.4 is 4.74 Å². The van der Waals surface area contributed by atoms with E-state index in [-0.39, 0.29) is 35.0 Å².